The molecule has 0 aliphatic rings. The second-order valence-corrected chi connectivity index (χ2v) is 6.32. The van der Waals surface area contributed by atoms with E-state index < -0.39 is 11.4 Å². The van der Waals surface area contributed by atoms with Gasteiger partial charge in [0.1, 0.15) is 11.1 Å². The minimum absolute atomic E-state index is 0.215. The minimum Gasteiger partial charge on any atom is -0.598 e. The Hall–Kier alpha value is -0.650. The van der Waals surface area contributed by atoms with Gasteiger partial charge in [0.05, 0.1) is 0 Å². The van der Waals surface area contributed by atoms with Gasteiger partial charge >= 0.3 is 0 Å². The second-order valence-electron chi connectivity index (χ2n) is 4.27. The van der Waals surface area contributed by atoms with Crippen LogP contribution in [0.5, 0.6) is 0 Å². The van der Waals surface area contributed by atoms with Crippen molar-refractivity contribution in [3.05, 3.63) is 24.3 Å². The third-order valence-corrected chi connectivity index (χ3v) is 3.40. The van der Waals surface area contributed by atoms with Crippen molar-refractivity contribution in [1.29, 1.82) is 0 Å². The Kier molecular flexibility index (Phi) is 4.50. The molecule has 84 valence electrons. The Labute approximate surface area is 93.8 Å². The summed E-state index contributed by atoms with van der Waals surface area (Å²) in [5.41, 5.74) is 1.05. The summed E-state index contributed by atoms with van der Waals surface area (Å²) in [4.78, 5) is 7.83. The van der Waals surface area contributed by atoms with Crippen molar-refractivity contribution in [2.24, 2.45) is 0 Å². The first kappa shape index (κ1) is 12.4. The first-order valence-corrected chi connectivity index (χ1v) is 6.04. The molecule has 1 aromatic heterocycles. The predicted octanol–water partition coefficient (Wildman–Crippen LogP) is 1.07. The van der Waals surface area contributed by atoms with Crippen molar-refractivity contribution in [3.63, 3.8) is 0 Å². The van der Waals surface area contributed by atoms with E-state index in [0.717, 1.165) is 12.0 Å². The molecule has 1 N–H and O–H groups in total. The molecule has 0 amide bonds. The monoisotopic (exact) mass is 227 g/mol. The molecule has 4 nitrogen and oxygen atoms in total. The molecule has 0 bridgehead atoms. The van der Waals surface area contributed by atoms with Gasteiger partial charge in [-0.25, -0.2) is 9.97 Å². The van der Waals surface area contributed by atoms with E-state index in [1.54, 1.807) is 12.4 Å². The van der Waals surface area contributed by atoms with Crippen LogP contribution in [-0.4, -0.2) is 25.8 Å². The molecule has 15 heavy (non-hydrogen) atoms. The zero-order valence-electron chi connectivity index (χ0n) is 9.36. The molecular formula is C10H17N3OS. The average Bonchev–Trinajstić information content (AvgIpc) is 2.18. The van der Waals surface area contributed by atoms with E-state index in [-0.39, 0.29) is 4.75 Å². The topological polar surface area (TPSA) is 60.9 Å². The third-order valence-electron chi connectivity index (χ3n) is 1.82. The van der Waals surface area contributed by atoms with E-state index in [2.05, 4.69) is 14.7 Å². The van der Waals surface area contributed by atoms with Crippen LogP contribution in [0.1, 0.15) is 26.3 Å². The first-order chi connectivity index (χ1) is 7.00. The lowest BCUT2D eigenvalue weighted by atomic mass is 10.2. The van der Waals surface area contributed by atoms with Crippen LogP contribution in [0.2, 0.25) is 0 Å². The van der Waals surface area contributed by atoms with E-state index in [1.807, 2.05) is 20.8 Å². The molecule has 0 fully saturated rings. The Morgan fingerprint density at radius 1 is 1.33 bits per heavy atom. The Morgan fingerprint density at radius 2 is 1.93 bits per heavy atom. The average molecular weight is 227 g/mol. The van der Waals surface area contributed by atoms with E-state index >= 15 is 0 Å². The number of rotatable bonds is 4. The van der Waals surface area contributed by atoms with Crippen LogP contribution in [0.15, 0.2) is 18.7 Å². The van der Waals surface area contributed by atoms with Crippen molar-refractivity contribution in [1.82, 2.24) is 14.7 Å². The van der Waals surface area contributed by atoms with Crippen LogP contribution in [0.3, 0.4) is 0 Å². The Morgan fingerprint density at radius 3 is 2.47 bits per heavy atom. The quantitative estimate of drug-likeness (QED) is 0.782. The maximum absolute atomic E-state index is 11.6. The van der Waals surface area contributed by atoms with Gasteiger partial charge in [-0.3, -0.25) is 0 Å². The summed E-state index contributed by atoms with van der Waals surface area (Å²) in [6.45, 7) is 6.52. The lowest BCUT2D eigenvalue weighted by molar-refractivity contribution is 0.544. The van der Waals surface area contributed by atoms with Gasteiger partial charge in [0.2, 0.25) is 0 Å². The van der Waals surface area contributed by atoms with Gasteiger partial charge < -0.3 is 4.55 Å². The molecule has 1 atom stereocenters. The Balaban J connectivity index is 2.28. The summed E-state index contributed by atoms with van der Waals surface area (Å²) in [5, 5.41) is 0. The maximum atomic E-state index is 11.6. The number of aromatic nitrogens is 2. The molecule has 5 heteroatoms. The molecule has 0 unspecified atom stereocenters. The molecular weight excluding hydrogens is 210 g/mol. The number of hydrogen-bond donors (Lipinski definition) is 1. The summed E-state index contributed by atoms with van der Waals surface area (Å²) < 4.78 is 14.4. The molecule has 1 heterocycles. The molecule has 0 aromatic carbocycles. The molecule has 0 spiro atoms. The second kappa shape index (κ2) is 5.44. The van der Waals surface area contributed by atoms with E-state index in [1.165, 1.54) is 6.33 Å². The lowest BCUT2D eigenvalue weighted by Crippen LogP contribution is -2.40. The van der Waals surface area contributed by atoms with Crippen molar-refractivity contribution in [3.8, 4) is 0 Å². The predicted molar refractivity (Wildman–Crippen MR) is 61.6 cm³/mol. The minimum atomic E-state index is -1.00. The maximum Gasteiger partial charge on any atom is 0.136 e. The molecule has 0 aliphatic heterocycles. The number of nitrogens with zero attached hydrogens (tertiary/aromatic N) is 2. The molecule has 0 saturated heterocycles. The highest BCUT2D eigenvalue weighted by Gasteiger charge is 2.25. The summed E-state index contributed by atoms with van der Waals surface area (Å²) in [6, 6.07) is 0. The number of nitrogens with one attached hydrogen (secondary N) is 1. The van der Waals surface area contributed by atoms with Crippen LogP contribution >= 0.6 is 0 Å². The summed E-state index contributed by atoms with van der Waals surface area (Å²) >= 11 is -1.00. The zero-order chi connectivity index (χ0) is 11.3. The fourth-order valence-corrected chi connectivity index (χ4v) is 1.68. The van der Waals surface area contributed by atoms with Gasteiger partial charge in [-0.05, 0) is 32.8 Å². The Bertz CT molecular complexity index is 286. The highest BCUT2D eigenvalue weighted by atomic mass is 32.2. The summed E-state index contributed by atoms with van der Waals surface area (Å²) in [5.74, 6) is 0. The van der Waals surface area contributed by atoms with Crippen molar-refractivity contribution in [2.75, 3.05) is 6.54 Å². The largest absolute Gasteiger partial charge is 0.598 e. The first-order valence-electron chi connectivity index (χ1n) is 4.89. The highest BCUT2D eigenvalue weighted by Crippen LogP contribution is 2.12. The van der Waals surface area contributed by atoms with Gasteiger partial charge in [0.15, 0.2) is 0 Å². The van der Waals surface area contributed by atoms with E-state index in [0.29, 0.717) is 6.54 Å². The van der Waals surface area contributed by atoms with Crippen LogP contribution in [-0.2, 0) is 17.8 Å². The van der Waals surface area contributed by atoms with Gasteiger partial charge in [-0.15, -0.1) is 4.72 Å². The smallest absolute Gasteiger partial charge is 0.136 e. The zero-order valence-corrected chi connectivity index (χ0v) is 10.2. The summed E-state index contributed by atoms with van der Waals surface area (Å²) in [6.07, 6.45) is 5.84. The fraction of sp³-hybridized carbons (Fsp3) is 0.600. The standard InChI is InChI=1S/C10H17N3OS/c1-10(2,3)15(14)13-5-4-9-6-11-8-12-7-9/h6-8,13H,4-5H2,1-3H3/t15-/m0/s1. The van der Waals surface area contributed by atoms with Crippen LogP contribution in [0.25, 0.3) is 0 Å². The highest BCUT2D eigenvalue weighted by molar-refractivity contribution is 7.90. The van der Waals surface area contributed by atoms with Gasteiger partial charge in [0, 0.05) is 30.3 Å². The van der Waals surface area contributed by atoms with Gasteiger partial charge in [0.25, 0.3) is 0 Å². The third kappa shape index (κ3) is 4.59. The fourth-order valence-electron chi connectivity index (χ4n) is 0.964. The SMILES string of the molecule is CC(C)(C)[S@+]([O-])NCCc1cncnc1. The van der Waals surface area contributed by atoms with Crippen LogP contribution < -0.4 is 4.72 Å². The van der Waals surface area contributed by atoms with Crippen molar-refractivity contribution >= 4 is 11.4 Å². The van der Waals surface area contributed by atoms with Crippen LogP contribution in [0, 0.1) is 0 Å². The van der Waals surface area contributed by atoms with E-state index in [9.17, 15) is 4.55 Å². The molecule has 0 aliphatic carbocycles. The molecule has 0 radical (unpaired) electrons. The molecule has 0 saturated carbocycles. The summed E-state index contributed by atoms with van der Waals surface area (Å²) in [7, 11) is 0. The normalized spacial score (nSPS) is 13.9. The van der Waals surface area contributed by atoms with Gasteiger partial charge in [-0.1, -0.05) is 0 Å². The van der Waals surface area contributed by atoms with Crippen molar-refractivity contribution in [2.45, 2.75) is 31.9 Å². The van der Waals surface area contributed by atoms with E-state index in [4.69, 9.17) is 0 Å². The van der Waals surface area contributed by atoms with Crippen molar-refractivity contribution < 1.29 is 4.55 Å². The lowest BCUT2D eigenvalue weighted by Gasteiger charge is -2.23. The van der Waals surface area contributed by atoms with Gasteiger partial charge in [-0.2, -0.15) is 0 Å². The number of hydrogen-bond acceptors (Lipinski definition) is 4. The van der Waals surface area contributed by atoms with Crippen LogP contribution in [0.4, 0.5) is 0 Å². The molecule has 1 rings (SSSR count). The molecule has 1 aromatic rings.